The highest BCUT2D eigenvalue weighted by molar-refractivity contribution is 6.36. The number of anilines is 4. The van der Waals surface area contributed by atoms with E-state index in [2.05, 4.69) is 20.6 Å². The van der Waals surface area contributed by atoms with Crippen LogP contribution in [0, 0.1) is 20.2 Å². The number of benzene rings is 2. The van der Waals surface area contributed by atoms with Crippen LogP contribution in [0.3, 0.4) is 0 Å². The number of nitro groups is 2. The summed E-state index contributed by atoms with van der Waals surface area (Å²) in [7, 11) is 0. The van der Waals surface area contributed by atoms with E-state index in [1.54, 1.807) is 12.1 Å². The molecule has 0 saturated heterocycles. The van der Waals surface area contributed by atoms with Gasteiger partial charge in [0, 0.05) is 22.8 Å². The van der Waals surface area contributed by atoms with E-state index in [0.717, 1.165) is 6.33 Å². The van der Waals surface area contributed by atoms with Gasteiger partial charge in [-0.15, -0.1) is 0 Å². The third kappa shape index (κ3) is 4.24. The fourth-order valence-electron chi connectivity index (χ4n) is 2.29. The number of hydrogen-bond acceptors (Lipinski definition) is 8. The molecule has 1 aromatic heterocycles. The van der Waals surface area contributed by atoms with Crippen molar-refractivity contribution in [1.82, 2.24) is 9.97 Å². The van der Waals surface area contributed by atoms with Crippen LogP contribution in [0.15, 0.2) is 48.8 Å². The van der Waals surface area contributed by atoms with Gasteiger partial charge in [0.05, 0.1) is 20.6 Å². The molecule has 1 heterocycles. The summed E-state index contributed by atoms with van der Waals surface area (Å²) in [6.07, 6.45) is 1.11. The highest BCUT2D eigenvalue weighted by Crippen LogP contribution is 2.35. The van der Waals surface area contributed by atoms with E-state index in [0.29, 0.717) is 10.7 Å². The van der Waals surface area contributed by atoms with Crippen molar-refractivity contribution in [3.63, 3.8) is 0 Å². The first kappa shape index (κ1) is 19.3. The highest BCUT2D eigenvalue weighted by Gasteiger charge is 2.24. The van der Waals surface area contributed by atoms with E-state index in [4.69, 9.17) is 23.2 Å². The lowest BCUT2D eigenvalue weighted by atomic mass is 10.2. The van der Waals surface area contributed by atoms with Gasteiger partial charge in [0.1, 0.15) is 6.33 Å². The molecule has 0 bridgehead atoms. The van der Waals surface area contributed by atoms with Crippen LogP contribution in [-0.4, -0.2) is 19.8 Å². The molecule has 2 aromatic carbocycles. The van der Waals surface area contributed by atoms with E-state index in [1.807, 2.05) is 0 Å². The Bertz CT molecular complexity index is 1080. The lowest BCUT2D eigenvalue weighted by molar-refractivity contribution is -0.384. The van der Waals surface area contributed by atoms with E-state index in [-0.39, 0.29) is 28.0 Å². The minimum atomic E-state index is -0.675. The van der Waals surface area contributed by atoms with E-state index < -0.39 is 15.5 Å². The molecular weight excluding hydrogens is 411 g/mol. The normalized spacial score (nSPS) is 10.4. The first-order chi connectivity index (χ1) is 13.3. The van der Waals surface area contributed by atoms with Crippen molar-refractivity contribution in [2.24, 2.45) is 0 Å². The number of nitrogens with one attached hydrogen (secondary N) is 2. The molecule has 10 nitrogen and oxygen atoms in total. The zero-order valence-corrected chi connectivity index (χ0v) is 15.3. The zero-order chi connectivity index (χ0) is 20.3. The number of nitrogens with zero attached hydrogens (tertiary/aromatic N) is 4. The van der Waals surface area contributed by atoms with Crippen LogP contribution in [-0.2, 0) is 0 Å². The zero-order valence-electron chi connectivity index (χ0n) is 13.8. The standard InChI is InChI=1S/C16H10Cl2N6O4/c17-9-4-5-13(12(18)6-9)22-16-14(24(27)28)15(19-8-20-16)21-10-2-1-3-11(7-10)23(25)26/h1-8H,(H2,19,20,21,22). The van der Waals surface area contributed by atoms with Gasteiger partial charge in [-0.25, -0.2) is 9.97 Å². The number of halogens is 2. The second-order valence-corrected chi connectivity index (χ2v) is 6.20. The lowest BCUT2D eigenvalue weighted by Gasteiger charge is -2.11. The third-order valence-corrected chi connectivity index (χ3v) is 4.06. The minimum Gasteiger partial charge on any atom is -0.334 e. The van der Waals surface area contributed by atoms with Gasteiger partial charge in [-0.2, -0.15) is 0 Å². The number of hydrogen-bond donors (Lipinski definition) is 2. The predicted molar refractivity (Wildman–Crippen MR) is 105 cm³/mol. The summed E-state index contributed by atoms with van der Waals surface area (Å²) < 4.78 is 0. The van der Waals surface area contributed by atoms with Crippen LogP contribution in [0.25, 0.3) is 0 Å². The molecule has 0 aliphatic rings. The Kier molecular flexibility index (Phi) is 5.52. The van der Waals surface area contributed by atoms with E-state index >= 15 is 0 Å². The second kappa shape index (κ2) is 8.03. The average Bonchev–Trinajstić information content (AvgIpc) is 2.64. The SMILES string of the molecule is O=[N+]([O-])c1cccc(Nc2ncnc(Nc3ccc(Cl)cc3Cl)c2[N+](=O)[O-])c1. The summed E-state index contributed by atoms with van der Waals surface area (Å²) in [6.45, 7) is 0. The number of rotatable bonds is 6. The summed E-state index contributed by atoms with van der Waals surface area (Å²) in [5, 5.41) is 28.7. The largest absolute Gasteiger partial charge is 0.353 e. The van der Waals surface area contributed by atoms with Crippen LogP contribution in [0.5, 0.6) is 0 Å². The fourth-order valence-corrected chi connectivity index (χ4v) is 2.74. The molecular formula is C16H10Cl2N6O4. The van der Waals surface area contributed by atoms with Crippen LogP contribution in [0.1, 0.15) is 0 Å². The molecule has 28 heavy (non-hydrogen) atoms. The first-order valence-corrected chi connectivity index (χ1v) is 8.33. The van der Waals surface area contributed by atoms with E-state index in [9.17, 15) is 20.2 Å². The van der Waals surface area contributed by atoms with Gasteiger partial charge in [-0.3, -0.25) is 20.2 Å². The molecule has 0 amide bonds. The Morgan fingerprint density at radius 3 is 2.25 bits per heavy atom. The van der Waals surface area contributed by atoms with Crippen molar-refractivity contribution >= 4 is 57.6 Å². The van der Waals surface area contributed by atoms with Crippen molar-refractivity contribution < 1.29 is 9.85 Å². The molecule has 0 radical (unpaired) electrons. The van der Waals surface area contributed by atoms with Crippen LogP contribution in [0.4, 0.5) is 34.4 Å². The van der Waals surface area contributed by atoms with Crippen molar-refractivity contribution in [2.45, 2.75) is 0 Å². The maximum atomic E-state index is 11.6. The monoisotopic (exact) mass is 420 g/mol. The van der Waals surface area contributed by atoms with Crippen LogP contribution >= 0.6 is 23.2 Å². The molecule has 0 aliphatic heterocycles. The Morgan fingerprint density at radius 1 is 0.893 bits per heavy atom. The number of aromatic nitrogens is 2. The Morgan fingerprint density at radius 2 is 1.61 bits per heavy atom. The lowest BCUT2D eigenvalue weighted by Crippen LogP contribution is -2.06. The topological polar surface area (TPSA) is 136 Å². The quantitative estimate of drug-likeness (QED) is 0.415. The van der Waals surface area contributed by atoms with Crippen LogP contribution < -0.4 is 10.6 Å². The first-order valence-electron chi connectivity index (χ1n) is 7.58. The van der Waals surface area contributed by atoms with Crippen LogP contribution in [0.2, 0.25) is 10.0 Å². The van der Waals surface area contributed by atoms with Gasteiger partial charge in [0.25, 0.3) is 5.69 Å². The van der Waals surface area contributed by atoms with Crippen molar-refractivity contribution in [2.75, 3.05) is 10.6 Å². The van der Waals surface area contributed by atoms with Gasteiger partial charge in [-0.05, 0) is 24.3 Å². The minimum absolute atomic E-state index is 0.114. The number of nitro benzene ring substituents is 1. The fraction of sp³-hybridized carbons (Fsp3) is 0. The van der Waals surface area contributed by atoms with Gasteiger partial charge >= 0.3 is 5.69 Å². The third-order valence-electron chi connectivity index (χ3n) is 3.51. The smallest absolute Gasteiger partial charge is 0.334 e. The maximum Gasteiger partial charge on any atom is 0.353 e. The molecule has 12 heteroatoms. The molecule has 0 atom stereocenters. The van der Waals surface area contributed by atoms with Gasteiger partial charge in [0.15, 0.2) is 0 Å². The summed E-state index contributed by atoms with van der Waals surface area (Å²) in [4.78, 5) is 29.1. The van der Waals surface area contributed by atoms with Crippen molar-refractivity contribution in [3.8, 4) is 0 Å². The predicted octanol–water partition coefficient (Wildman–Crippen LogP) is 5.09. The second-order valence-electron chi connectivity index (χ2n) is 5.36. The Hall–Kier alpha value is -3.50. The highest BCUT2D eigenvalue weighted by atomic mass is 35.5. The van der Waals surface area contributed by atoms with Crippen molar-refractivity contribution in [1.29, 1.82) is 0 Å². The molecule has 0 unspecified atom stereocenters. The van der Waals surface area contributed by atoms with E-state index in [1.165, 1.54) is 30.3 Å². The van der Waals surface area contributed by atoms with Gasteiger partial charge in [0.2, 0.25) is 11.6 Å². The molecule has 2 N–H and O–H groups in total. The summed E-state index contributed by atoms with van der Waals surface area (Å²) in [5.74, 6) is -0.259. The summed E-state index contributed by atoms with van der Waals surface area (Å²) in [6, 6.07) is 10.1. The molecule has 0 aliphatic carbocycles. The maximum absolute atomic E-state index is 11.6. The Balaban J connectivity index is 1.99. The summed E-state index contributed by atoms with van der Waals surface area (Å²) >= 11 is 11.9. The average molecular weight is 421 g/mol. The van der Waals surface area contributed by atoms with Crippen molar-refractivity contribution in [3.05, 3.63) is 79.1 Å². The van der Waals surface area contributed by atoms with Gasteiger partial charge in [-0.1, -0.05) is 29.3 Å². The molecule has 3 aromatic rings. The molecule has 0 saturated carbocycles. The number of non-ortho nitro benzene ring substituents is 1. The van der Waals surface area contributed by atoms with Gasteiger partial charge < -0.3 is 10.6 Å². The summed E-state index contributed by atoms with van der Waals surface area (Å²) in [5.41, 5.74) is -0.0198. The molecule has 3 rings (SSSR count). The molecule has 0 fully saturated rings. The molecule has 0 spiro atoms. The Labute approximate surface area is 167 Å². The molecule has 142 valence electrons.